The summed E-state index contributed by atoms with van der Waals surface area (Å²) in [5.74, 6) is -0.172. The van der Waals surface area contributed by atoms with Crippen LogP contribution in [-0.2, 0) is 11.2 Å². The lowest BCUT2D eigenvalue weighted by atomic mass is 10.1. The van der Waals surface area contributed by atoms with Crippen LogP contribution in [0, 0.1) is 0 Å². The standard InChI is InChI=1S/C19H16N2OS/c22-18(12-11-15-7-3-1-4-8-15)21-19-20-14-17(23-19)13-16-9-5-2-6-10-16/h1-12,14H,13H2,(H,20,21,22)/b12-11-. The average molecular weight is 320 g/mol. The maximum Gasteiger partial charge on any atom is 0.250 e. The van der Waals surface area contributed by atoms with E-state index in [1.54, 1.807) is 6.08 Å². The number of rotatable bonds is 5. The zero-order chi connectivity index (χ0) is 15.9. The molecule has 0 saturated carbocycles. The minimum Gasteiger partial charge on any atom is -0.298 e. The second-order valence-corrected chi connectivity index (χ2v) is 6.14. The number of nitrogens with one attached hydrogen (secondary N) is 1. The molecule has 3 nitrogen and oxygen atoms in total. The third kappa shape index (κ3) is 4.63. The summed E-state index contributed by atoms with van der Waals surface area (Å²) in [6.45, 7) is 0. The molecule has 0 fully saturated rings. The van der Waals surface area contributed by atoms with Gasteiger partial charge in [0.25, 0.3) is 0 Å². The highest BCUT2D eigenvalue weighted by molar-refractivity contribution is 7.15. The molecular formula is C19H16N2OS. The van der Waals surface area contributed by atoms with E-state index in [4.69, 9.17) is 0 Å². The summed E-state index contributed by atoms with van der Waals surface area (Å²) in [6.07, 6.45) is 5.95. The molecule has 0 aliphatic carbocycles. The van der Waals surface area contributed by atoms with Crippen molar-refractivity contribution in [1.29, 1.82) is 0 Å². The van der Waals surface area contributed by atoms with Crippen molar-refractivity contribution in [1.82, 2.24) is 4.98 Å². The SMILES string of the molecule is O=C(/C=C\c1ccccc1)Nc1ncc(Cc2ccccc2)s1. The van der Waals surface area contributed by atoms with Crippen LogP contribution in [0.1, 0.15) is 16.0 Å². The van der Waals surface area contributed by atoms with Gasteiger partial charge in [0, 0.05) is 23.6 Å². The van der Waals surface area contributed by atoms with Crippen LogP contribution in [-0.4, -0.2) is 10.9 Å². The first kappa shape index (κ1) is 15.2. The lowest BCUT2D eigenvalue weighted by Crippen LogP contribution is -2.06. The minimum atomic E-state index is -0.172. The van der Waals surface area contributed by atoms with E-state index in [0.29, 0.717) is 5.13 Å². The molecule has 0 aliphatic rings. The van der Waals surface area contributed by atoms with Crippen molar-refractivity contribution in [2.45, 2.75) is 6.42 Å². The topological polar surface area (TPSA) is 42.0 Å². The van der Waals surface area contributed by atoms with Gasteiger partial charge in [-0.25, -0.2) is 4.98 Å². The Balaban J connectivity index is 1.58. The number of aromatic nitrogens is 1. The Bertz CT molecular complexity index is 795. The number of amides is 1. The normalized spacial score (nSPS) is 10.8. The van der Waals surface area contributed by atoms with Gasteiger partial charge in [0.05, 0.1) is 0 Å². The Morgan fingerprint density at radius 3 is 2.48 bits per heavy atom. The van der Waals surface area contributed by atoms with Crippen molar-refractivity contribution >= 4 is 28.5 Å². The van der Waals surface area contributed by atoms with Gasteiger partial charge in [0.15, 0.2) is 5.13 Å². The second kappa shape index (κ2) is 7.51. The summed E-state index contributed by atoms with van der Waals surface area (Å²) in [4.78, 5) is 17.3. The molecule has 0 saturated heterocycles. The second-order valence-electron chi connectivity index (χ2n) is 5.03. The number of carbonyl (C=O) groups is 1. The Labute approximate surface area is 139 Å². The van der Waals surface area contributed by atoms with E-state index in [1.807, 2.05) is 54.7 Å². The van der Waals surface area contributed by atoms with Gasteiger partial charge in [-0.2, -0.15) is 0 Å². The minimum absolute atomic E-state index is 0.172. The van der Waals surface area contributed by atoms with Gasteiger partial charge in [-0.3, -0.25) is 10.1 Å². The molecule has 2 aromatic carbocycles. The van der Waals surface area contributed by atoms with E-state index in [1.165, 1.54) is 23.0 Å². The predicted molar refractivity (Wildman–Crippen MR) is 95.5 cm³/mol. The van der Waals surface area contributed by atoms with E-state index in [2.05, 4.69) is 22.4 Å². The largest absolute Gasteiger partial charge is 0.298 e. The third-order valence-corrected chi connectivity index (χ3v) is 4.14. The van der Waals surface area contributed by atoms with Crippen LogP contribution in [0.5, 0.6) is 0 Å². The van der Waals surface area contributed by atoms with Crippen molar-refractivity contribution < 1.29 is 4.79 Å². The van der Waals surface area contributed by atoms with Crippen molar-refractivity contribution in [3.63, 3.8) is 0 Å². The zero-order valence-electron chi connectivity index (χ0n) is 12.5. The maximum absolute atomic E-state index is 11.9. The van der Waals surface area contributed by atoms with E-state index in [0.717, 1.165) is 16.9 Å². The highest BCUT2D eigenvalue weighted by atomic mass is 32.1. The first-order valence-electron chi connectivity index (χ1n) is 7.32. The van der Waals surface area contributed by atoms with E-state index >= 15 is 0 Å². The molecule has 0 atom stereocenters. The van der Waals surface area contributed by atoms with Crippen LogP contribution in [0.4, 0.5) is 5.13 Å². The summed E-state index contributed by atoms with van der Waals surface area (Å²) in [5, 5.41) is 3.42. The molecule has 1 amide bonds. The van der Waals surface area contributed by atoms with Crippen LogP contribution >= 0.6 is 11.3 Å². The smallest absolute Gasteiger partial charge is 0.250 e. The summed E-state index contributed by atoms with van der Waals surface area (Å²) < 4.78 is 0. The molecular weight excluding hydrogens is 304 g/mol. The molecule has 4 heteroatoms. The first-order valence-corrected chi connectivity index (χ1v) is 8.14. The van der Waals surface area contributed by atoms with Gasteiger partial charge >= 0.3 is 0 Å². The predicted octanol–water partition coefficient (Wildman–Crippen LogP) is 4.39. The fourth-order valence-electron chi connectivity index (χ4n) is 2.13. The molecule has 0 unspecified atom stereocenters. The molecule has 0 radical (unpaired) electrons. The summed E-state index contributed by atoms with van der Waals surface area (Å²) in [7, 11) is 0. The number of hydrogen-bond acceptors (Lipinski definition) is 3. The van der Waals surface area contributed by atoms with Crippen LogP contribution in [0.3, 0.4) is 0 Å². The Morgan fingerprint density at radius 2 is 1.74 bits per heavy atom. The quantitative estimate of drug-likeness (QED) is 0.709. The Kier molecular flexibility index (Phi) is 4.96. The summed E-state index contributed by atoms with van der Waals surface area (Å²) in [5.41, 5.74) is 2.23. The lowest BCUT2D eigenvalue weighted by molar-refractivity contribution is -0.111. The molecule has 3 aromatic rings. The average Bonchev–Trinajstić information content (AvgIpc) is 3.02. The van der Waals surface area contributed by atoms with Gasteiger partial charge in [0.2, 0.25) is 5.91 Å². The maximum atomic E-state index is 11.9. The summed E-state index contributed by atoms with van der Waals surface area (Å²) in [6, 6.07) is 19.9. The number of nitrogens with zero attached hydrogens (tertiary/aromatic N) is 1. The molecule has 0 spiro atoms. The Morgan fingerprint density at radius 1 is 1.04 bits per heavy atom. The van der Waals surface area contributed by atoms with Gasteiger partial charge < -0.3 is 0 Å². The van der Waals surface area contributed by atoms with Crippen molar-refractivity contribution in [3.05, 3.63) is 88.9 Å². The fourth-order valence-corrected chi connectivity index (χ4v) is 2.98. The molecule has 1 heterocycles. The number of anilines is 1. The van der Waals surface area contributed by atoms with Crippen molar-refractivity contribution in [2.24, 2.45) is 0 Å². The van der Waals surface area contributed by atoms with Gasteiger partial charge in [-0.15, -0.1) is 11.3 Å². The molecule has 23 heavy (non-hydrogen) atoms. The van der Waals surface area contributed by atoms with Crippen LogP contribution < -0.4 is 5.32 Å². The van der Waals surface area contributed by atoms with Gasteiger partial charge in [0.1, 0.15) is 0 Å². The van der Waals surface area contributed by atoms with Crippen LogP contribution in [0.2, 0.25) is 0 Å². The van der Waals surface area contributed by atoms with Crippen LogP contribution in [0.25, 0.3) is 6.08 Å². The molecule has 114 valence electrons. The number of thiazole rings is 1. The van der Waals surface area contributed by atoms with Crippen molar-refractivity contribution in [2.75, 3.05) is 5.32 Å². The first-order chi connectivity index (χ1) is 11.3. The number of carbonyl (C=O) groups excluding carboxylic acids is 1. The monoisotopic (exact) mass is 320 g/mol. The van der Waals surface area contributed by atoms with Gasteiger partial charge in [-0.05, 0) is 17.2 Å². The molecule has 0 bridgehead atoms. The Hall–Kier alpha value is -2.72. The van der Waals surface area contributed by atoms with E-state index in [9.17, 15) is 4.79 Å². The van der Waals surface area contributed by atoms with E-state index < -0.39 is 0 Å². The molecule has 1 N–H and O–H groups in total. The molecule has 0 aliphatic heterocycles. The van der Waals surface area contributed by atoms with Crippen LogP contribution in [0.15, 0.2) is 72.9 Å². The van der Waals surface area contributed by atoms with Gasteiger partial charge in [-0.1, -0.05) is 60.7 Å². The number of benzene rings is 2. The molecule has 1 aromatic heterocycles. The van der Waals surface area contributed by atoms with Crippen molar-refractivity contribution in [3.8, 4) is 0 Å². The third-order valence-electron chi connectivity index (χ3n) is 3.23. The lowest BCUT2D eigenvalue weighted by Gasteiger charge is -1.97. The highest BCUT2D eigenvalue weighted by Gasteiger charge is 2.05. The fraction of sp³-hybridized carbons (Fsp3) is 0.0526. The zero-order valence-corrected chi connectivity index (χ0v) is 13.3. The summed E-state index contributed by atoms with van der Waals surface area (Å²) >= 11 is 1.50. The van der Waals surface area contributed by atoms with E-state index in [-0.39, 0.29) is 5.91 Å². The highest BCUT2D eigenvalue weighted by Crippen LogP contribution is 2.21. The number of hydrogen-bond donors (Lipinski definition) is 1. The molecule has 3 rings (SSSR count).